The molecule has 0 bridgehead atoms. The molecule has 0 spiro atoms. The lowest BCUT2D eigenvalue weighted by molar-refractivity contribution is -0.124. The topological polar surface area (TPSA) is 45.1 Å². The molecule has 3 rings (SSSR count). The van der Waals surface area contributed by atoms with E-state index in [1.54, 1.807) is 0 Å². The summed E-state index contributed by atoms with van der Waals surface area (Å²) in [4.78, 5) is 22.7. The highest BCUT2D eigenvalue weighted by Gasteiger charge is 2.32. The molecule has 24 heavy (non-hydrogen) atoms. The lowest BCUT2D eigenvalue weighted by Crippen LogP contribution is -2.44. The molecule has 1 aromatic rings. The van der Waals surface area contributed by atoms with Gasteiger partial charge in [0.1, 0.15) is 5.71 Å². The average Bonchev–Trinajstić information content (AvgIpc) is 2.91. The van der Waals surface area contributed by atoms with Gasteiger partial charge in [-0.3, -0.25) is 9.69 Å². The fourth-order valence-electron chi connectivity index (χ4n) is 3.32. The molecule has 2 heterocycles. The Bertz CT molecular complexity index is 607. The van der Waals surface area contributed by atoms with Crippen LogP contribution in [0.4, 0.5) is 0 Å². The number of amides is 1. The molecule has 1 amide bonds. The Hall–Kier alpha value is -1.88. The highest BCUT2D eigenvalue weighted by atomic mass is 16.6. The van der Waals surface area contributed by atoms with Crippen LogP contribution in [0, 0.1) is 0 Å². The standard InChI is InChI=1S/C19H27N3O2/c1-19(2,3)22-11-7-10-21(12-13-22)18(23)16-14-17(24-20-16)15-8-5-4-6-9-15/h4-6,8-9,17H,7,10-14H2,1-3H3/t17-/m1/s1. The smallest absolute Gasteiger partial charge is 0.271 e. The number of carbonyl (C=O) groups is 1. The lowest BCUT2D eigenvalue weighted by atomic mass is 10.0. The van der Waals surface area contributed by atoms with Crippen molar-refractivity contribution in [3.8, 4) is 0 Å². The molecule has 1 saturated heterocycles. The molecule has 1 fully saturated rings. The third kappa shape index (κ3) is 3.78. The number of carbonyl (C=O) groups excluding carboxylic acids is 1. The van der Waals surface area contributed by atoms with Crippen molar-refractivity contribution in [1.29, 1.82) is 0 Å². The Morgan fingerprint density at radius 3 is 2.58 bits per heavy atom. The summed E-state index contributed by atoms with van der Waals surface area (Å²) in [6.45, 7) is 10.2. The Kier molecular flexibility index (Phi) is 4.90. The maximum Gasteiger partial charge on any atom is 0.271 e. The fraction of sp³-hybridized carbons (Fsp3) is 0.579. The van der Waals surface area contributed by atoms with Crippen LogP contribution < -0.4 is 0 Å². The summed E-state index contributed by atoms with van der Waals surface area (Å²) in [5.74, 6) is 0.0317. The summed E-state index contributed by atoms with van der Waals surface area (Å²) < 4.78 is 0. The second kappa shape index (κ2) is 6.93. The third-order valence-corrected chi connectivity index (χ3v) is 4.82. The quantitative estimate of drug-likeness (QED) is 0.838. The maximum absolute atomic E-state index is 12.8. The number of nitrogens with zero attached hydrogens (tertiary/aromatic N) is 3. The van der Waals surface area contributed by atoms with E-state index < -0.39 is 0 Å². The second-order valence-electron chi connectivity index (χ2n) is 7.55. The summed E-state index contributed by atoms with van der Waals surface area (Å²) >= 11 is 0. The first-order valence-corrected chi connectivity index (χ1v) is 8.77. The highest BCUT2D eigenvalue weighted by molar-refractivity contribution is 6.39. The van der Waals surface area contributed by atoms with Gasteiger partial charge in [-0.15, -0.1) is 0 Å². The summed E-state index contributed by atoms with van der Waals surface area (Å²) in [7, 11) is 0. The van der Waals surface area contributed by atoms with Crippen LogP contribution >= 0.6 is 0 Å². The van der Waals surface area contributed by atoms with Crippen LogP contribution in [0.25, 0.3) is 0 Å². The van der Waals surface area contributed by atoms with E-state index in [-0.39, 0.29) is 17.6 Å². The molecule has 0 radical (unpaired) electrons. The minimum atomic E-state index is -0.136. The van der Waals surface area contributed by atoms with E-state index in [4.69, 9.17) is 4.84 Å². The van der Waals surface area contributed by atoms with Gasteiger partial charge in [-0.05, 0) is 32.8 Å². The van der Waals surface area contributed by atoms with Gasteiger partial charge in [0.15, 0.2) is 6.10 Å². The number of hydrogen-bond acceptors (Lipinski definition) is 4. The van der Waals surface area contributed by atoms with Crippen LogP contribution in [0.1, 0.15) is 45.3 Å². The molecule has 2 aliphatic rings. The van der Waals surface area contributed by atoms with E-state index in [2.05, 4.69) is 30.8 Å². The normalized spacial score (nSPS) is 22.7. The lowest BCUT2D eigenvalue weighted by Gasteiger charge is -2.34. The first-order valence-electron chi connectivity index (χ1n) is 8.77. The monoisotopic (exact) mass is 329 g/mol. The second-order valence-corrected chi connectivity index (χ2v) is 7.55. The first-order chi connectivity index (χ1) is 11.4. The molecule has 0 aromatic heterocycles. The number of oxime groups is 1. The number of benzene rings is 1. The van der Waals surface area contributed by atoms with Gasteiger partial charge in [0.2, 0.25) is 0 Å². The van der Waals surface area contributed by atoms with Crippen molar-refractivity contribution < 1.29 is 9.63 Å². The van der Waals surface area contributed by atoms with Gasteiger partial charge in [0.25, 0.3) is 5.91 Å². The van der Waals surface area contributed by atoms with Crippen molar-refractivity contribution in [1.82, 2.24) is 9.80 Å². The van der Waals surface area contributed by atoms with Gasteiger partial charge >= 0.3 is 0 Å². The van der Waals surface area contributed by atoms with Crippen molar-refractivity contribution in [3.63, 3.8) is 0 Å². The molecule has 0 saturated carbocycles. The van der Waals surface area contributed by atoms with Crippen LogP contribution in [-0.2, 0) is 9.63 Å². The van der Waals surface area contributed by atoms with Crippen molar-refractivity contribution in [3.05, 3.63) is 35.9 Å². The fourth-order valence-corrected chi connectivity index (χ4v) is 3.32. The molecule has 0 unspecified atom stereocenters. The number of hydrogen-bond donors (Lipinski definition) is 0. The molecule has 1 aromatic carbocycles. The van der Waals surface area contributed by atoms with E-state index in [1.165, 1.54) is 0 Å². The van der Waals surface area contributed by atoms with Crippen LogP contribution in [0.3, 0.4) is 0 Å². The van der Waals surface area contributed by atoms with Crippen LogP contribution in [0.5, 0.6) is 0 Å². The van der Waals surface area contributed by atoms with E-state index in [1.807, 2.05) is 35.2 Å². The zero-order chi connectivity index (χ0) is 17.2. The van der Waals surface area contributed by atoms with Crippen LogP contribution in [-0.4, -0.2) is 53.1 Å². The minimum absolute atomic E-state index is 0.0317. The molecule has 0 N–H and O–H groups in total. The number of rotatable bonds is 2. The van der Waals surface area contributed by atoms with Gasteiger partial charge in [-0.2, -0.15) is 0 Å². The third-order valence-electron chi connectivity index (χ3n) is 4.82. The van der Waals surface area contributed by atoms with Gasteiger partial charge < -0.3 is 9.74 Å². The zero-order valence-electron chi connectivity index (χ0n) is 14.9. The predicted octanol–water partition coefficient (Wildman–Crippen LogP) is 2.84. The Morgan fingerprint density at radius 1 is 1.12 bits per heavy atom. The molecule has 1 atom stereocenters. The van der Waals surface area contributed by atoms with Crippen LogP contribution in [0.15, 0.2) is 35.5 Å². The van der Waals surface area contributed by atoms with Gasteiger partial charge in [-0.25, -0.2) is 0 Å². The maximum atomic E-state index is 12.8. The Morgan fingerprint density at radius 2 is 1.88 bits per heavy atom. The van der Waals surface area contributed by atoms with E-state index in [9.17, 15) is 4.79 Å². The van der Waals surface area contributed by atoms with Crippen molar-refractivity contribution in [2.24, 2.45) is 5.16 Å². The summed E-state index contributed by atoms with van der Waals surface area (Å²) in [5.41, 5.74) is 1.76. The van der Waals surface area contributed by atoms with E-state index in [0.717, 1.165) is 38.2 Å². The summed E-state index contributed by atoms with van der Waals surface area (Å²) in [6.07, 6.45) is 1.42. The summed E-state index contributed by atoms with van der Waals surface area (Å²) in [5, 5.41) is 4.08. The Balaban J connectivity index is 1.59. The van der Waals surface area contributed by atoms with Crippen LogP contribution in [0.2, 0.25) is 0 Å². The molecular formula is C19H27N3O2. The molecule has 130 valence electrons. The molecule has 0 aliphatic carbocycles. The predicted molar refractivity (Wildman–Crippen MR) is 94.8 cm³/mol. The highest BCUT2D eigenvalue weighted by Crippen LogP contribution is 2.27. The van der Waals surface area contributed by atoms with E-state index >= 15 is 0 Å². The molecule has 5 heteroatoms. The minimum Gasteiger partial charge on any atom is -0.387 e. The van der Waals surface area contributed by atoms with E-state index in [0.29, 0.717) is 12.1 Å². The first kappa shape index (κ1) is 17.0. The Labute approximate surface area is 144 Å². The van der Waals surface area contributed by atoms with Crippen molar-refractivity contribution >= 4 is 11.6 Å². The van der Waals surface area contributed by atoms with Crippen molar-refractivity contribution in [2.45, 2.75) is 45.3 Å². The zero-order valence-corrected chi connectivity index (χ0v) is 14.9. The van der Waals surface area contributed by atoms with Gasteiger partial charge in [0, 0.05) is 38.1 Å². The van der Waals surface area contributed by atoms with Crippen molar-refractivity contribution in [2.75, 3.05) is 26.2 Å². The molecule has 2 aliphatic heterocycles. The van der Waals surface area contributed by atoms with Gasteiger partial charge in [0.05, 0.1) is 0 Å². The molecular weight excluding hydrogens is 302 g/mol. The molecule has 5 nitrogen and oxygen atoms in total. The SMILES string of the molecule is CC(C)(C)N1CCCN(C(=O)C2=NO[C@@H](c3ccccc3)C2)CC1. The largest absolute Gasteiger partial charge is 0.387 e. The average molecular weight is 329 g/mol. The van der Waals surface area contributed by atoms with Gasteiger partial charge in [-0.1, -0.05) is 35.5 Å². The summed E-state index contributed by atoms with van der Waals surface area (Å²) in [6, 6.07) is 9.97.